The molecule has 1 aliphatic heterocycles. The summed E-state index contributed by atoms with van der Waals surface area (Å²) in [4.78, 5) is 3.82. The van der Waals surface area contributed by atoms with Crippen LogP contribution in [-0.4, -0.2) is 45.9 Å². The molecular weight excluding hydrogens is 258 g/mol. The van der Waals surface area contributed by atoms with Crippen molar-refractivity contribution in [2.45, 2.75) is 11.0 Å². The van der Waals surface area contributed by atoms with Crippen LogP contribution in [0.25, 0.3) is 0 Å². The number of nitrogens with zero attached hydrogens (tertiary/aromatic N) is 1. The third-order valence-electron chi connectivity index (χ3n) is 2.46. The van der Waals surface area contributed by atoms with Crippen molar-refractivity contribution in [3.63, 3.8) is 0 Å². The Hall–Kier alpha value is -1.22. The van der Waals surface area contributed by atoms with Gasteiger partial charge in [0.1, 0.15) is 10.7 Å². The quantitative estimate of drug-likeness (QED) is 0.756. The second-order valence-corrected chi connectivity index (χ2v) is 5.61. The highest BCUT2D eigenvalue weighted by atomic mass is 32.2. The minimum Gasteiger partial charge on any atom is -0.384 e. The van der Waals surface area contributed by atoms with Crippen LogP contribution in [0.2, 0.25) is 0 Å². The number of ether oxygens (including phenoxy) is 2. The van der Waals surface area contributed by atoms with Crippen LogP contribution in [0.5, 0.6) is 0 Å². The fourth-order valence-electron chi connectivity index (χ4n) is 1.49. The molecule has 0 amide bonds. The first-order chi connectivity index (χ1) is 8.58. The summed E-state index contributed by atoms with van der Waals surface area (Å²) in [5.74, 6) is 0.276. The van der Waals surface area contributed by atoms with Crippen LogP contribution >= 0.6 is 0 Å². The van der Waals surface area contributed by atoms with Crippen LogP contribution in [0.15, 0.2) is 23.2 Å². The van der Waals surface area contributed by atoms with Gasteiger partial charge in [-0.05, 0) is 12.1 Å². The molecule has 1 aromatic heterocycles. The average Bonchev–Trinajstić information content (AvgIpc) is 2.38. The van der Waals surface area contributed by atoms with Crippen molar-refractivity contribution >= 4 is 15.8 Å². The molecule has 8 heteroatoms. The fourth-order valence-corrected chi connectivity index (χ4v) is 2.50. The number of nitrogens with two attached hydrogens (primary N) is 1. The standard InChI is InChI=1S/C10H15N3O4S/c11-10-2-1-9(6-12-10)18(14,15)13-5-8-7-16-3-4-17-8/h1-2,6,8,13H,3-5,7H2,(H2,11,12). The molecule has 3 N–H and O–H groups in total. The average molecular weight is 273 g/mol. The van der Waals surface area contributed by atoms with Crippen molar-refractivity contribution in [2.75, 3.05) is 32.1 Å². The van der Waals surface area contributed by atoms with Gasteiger partial charge in [0, 0.05) is 12.7 Å². The van der Waals surface area contributed by atoms with Gasteiger partial charge in [0.05, 0.1) is 25.9 Å². The van der Waals surface area contributed by atoms with Gasteiger partial charge in [-0.1, -0.05) is 0 Å². The summed E-state index contributed by atoms with van der Waals surface area (Å²) < 4.78 is 36.8. The molecule has 0 saturated carbocycles. The van der Waals surface area contributed by atoms with Crippen LogP contribution < -0.4 is 10.5 Å². The van der Waals surface area contributed by atoms with Crippen molar-refractivity contribution in [2.24, 2.45) is 0 Å². The lowest BCUT2D eigenvalue weighted by molar-refractivity contribution is -0.0846. The van der Waals surface area contributed by atoms with E-state index in [1.165, 1.54) is 18.3 Å². The fraction of sp³-hybridized carbons (Fsp3) is 0.500. The molecule has 1 atom stereocenters. The van der Waals surface area contributed by atoms with E-state index < -0.39 is 10.0 Å². The van der Waals surface area contributed by atoms with Gasteiger partial charge >= 0.3 is 0 Å². The molecule has 1 aromatic rings. The van der Waals surface area contributed by atoms with Crippen molar-refractivity contribution in [3.05, 3.63) is 18.3 Å². The molecule has 1 unspecified atom stereocenters. The van der Waals surface area contributed by atoms with Gasteiger partial charge < -0.3 is 15.2 Å². The number of aromatic nitrogens is 1. The highest BCUT2D eigenvalue weighted by Gasteiger charge is 2.19. The lowest BCUT2D eigenvalue weighted by Gasteiger charge is -2.22. The van der Waals surface area contributed by atoms with Crippen molar-refractivity contribution in [1.82, 2.24) is 9.71 Å². The van der Waals surface area contributed by atoms with Gasteiger partial charge in [0.15, 0.2) is 0 Å². The van der Waals surface area contributed by atoms with E-state index >= 15 is 0 Å². The van der Waals surface area contributed by atoms with Gasteiger partial charge in [-0.25, -0.2) is 18.1 Å². The molecule has 0 aromatic carbocycles. The van der Waals surface area contributed by atoms with E-state index in [1.807, 2.05) is 0 Å². The number of hydrogen-bond acceptors (Lipinski definition) is 6. The molecule has 1 saturated heterocycles. The lowest BCUT2D eigenvalue weighted by Crippen LogP contribution is -2.39. The summed E-state index contributed by atoms with van der Waals surface area (Å²) in [5, 5.41) is 0. The molecule has 0 radical (unpaired) electrons. The Morgan fingerprint density at radius 1 is 1.44 bits per heavy atom. The van der Waals surface area contributed by atoms with Gasteiger partial charge in [0.25, 0.3) is 0 Å². The number of nitrogen functional groups attached to an aromatic ring is 1. The Labute approximate surface area is 105 Å². The van der Waals surface area contributed by atoms with Crippen LogP contribution in [0.3, 0.4) is 0 Å². The van der Waals surface area contributed by atoms with Crippen molar-refractivity contribution in [3.8, 4) is 0 Å². The highest BCUT2D eigenvalue weighted by Crippen LogP contribution is 2.09. The molecule has 2 rings (SSSR count). The number of pyridine rings is 1. The summed E-state index contributed by atoms with van der Waals surface area (Å²) in [5.41, 5.74) is 5.40. The summed E-state index contributed by atoms with van der Waals surface area (Å²) in [7, 11) is -3.58. The SMILES string of the molecule is Nc1ccc(S(=O)(=O)NCC2COCCO2)cn1. The van der Waals surface area contributed by atoms with Gasteiger partial charge in [-0.2, -0.15) is 0 Å². The van der Waals surface area contributed by atoms with Crippen molar-refractivity contribution in [1.29, 1.82) is 0 Å². The van der Waals surface area contributed by atoms with E-state index in [0.29, 0.717) is 19.8 Å². The van der Waals surface area contributed by atoms with Gasteiger partial charge in [-0.15, -0.1) is 0 Å². The number of rotatable bonds is 4. The second-order valence-electron chi connectivity index (χ2n) is 3.84. The number of nitrogens with one attached hydrogen (secondary N) is 1. The predicted molar refractivity (Wildman–Crippen MR) is 64.4 cm³/mol. The minimum atomic E-state index is -3.58. The molecule has 18 heavy (non-hydrogen) atoms. The largest absolute Gasteiger partial charge is 0.384 e. The lowest BCUT2D eigenvalue weighted by atomic mass is 10.3. The zero-order chi connectivity index (χ0) is 13.0. The highest BCUT2D eigenvalue weighted by molar-refractivity contribution is 7.89. The molecule has 2 heterocycles. The molecule has 0 bridgehead atoms. The van der Waals surface area contributed by atoms with Crippen molar-refractivity contribution < 1.29 is 17.9 Å². The van der Waals surface area contributed by atoms with E-state index in [1.54, 1.807) is 0 Å². The van der Waals surface area contributed by atoms with E-state index in [0.717, 1.165) is 0 Å². The van der Waals surface area contributed by atoms with Crippen LogP contribution in [0, 0.1) is 0 Å². The second kappa shape index (κ2) is 5.61. The Kier molecular flexibility index (Phi) is 4.12. The summed E-state index contributed by atoms with van der Waals surface area (Å²) >= 11 is 0. The van der Waals surface area contributed by atoms with Crippen LogP contribution in [-0.2, 0) is 19.5 Å². The number of anilines is 1. The topological polar surface area (TPSA) is 104 Å². The maximum Gasteiger partial charge on any atom is 0.242 e. The Morgan fingerprint density at radius 3 is 2.89 bits per heavy atom. The van der Waals surface area contributed by atoms with Gasteiger partial charge in [-0.3, -0.25) is 0 Å². The summed E-state index contributed by atoms with van der Waals surface area (Å²) in [6.45, 7) is 1.59. The first-order valence-electron chi connectivity index (χ1n) is 5.48. The predicted octanol–water partition coefficient (Wildman–Crippen LogP) is -0.642. The van der Waals surface area contributed by atoms with Crippen LogP contribution in [0.4, 0.5) is 5.82 Å². The molecule has 7 nitrogen and oxygen atoms in total. The Bertz CT molecular complexity index is 482. The Balaban J connectivity index is 1.96. The molecule has 0 aliphatic carbocycles. The molecule has 1 fully saturated rings. The first-order valence-corrected chi connectivity index (χ1v) is 6.97. The van der Waals surface area contributed by atoms with Gasteiger partial charge in [0.2, 0.25) is 10.0 Å². The monoisotopic (exact) mass is 273 g/mol. The van der Waals surface area contributed by atoms with Crippen LogP contribution in [0.1, 0.15) is 0 Å². The Morgan fingerprint density at radius 2 is 2.28 bits per heavy atom. The molecule has 0 spiro atoms. The number of sulfonamides is 1. The van der Waals surface area contributed by atoms with E-state index in [9.17, 15) is 8.42 Å². The maximum atomic E-state index is 11.9. The first kappa shape index (κ1) is 13.2. The molecular formula is C10H15N3O4S. The van der Waals surface area contributed by atoms with E-state index in [2.05, 4.69) is 9.71 Å². The third-order valence-corrected chi connectivity index (χ3v) is 3.86. The summed E-state index contributed by atoms with van der Waals surface area (Å²) in [6.07, 6.45) is 0.964. The van der Waals surface area contributed by atoms with E-state index in [-0.39, 0.29) is 23.4 Å². The normalized spacial score (nSPS) is 20.8. The van der Waals surface area contributed by atoms with E-state index in [4.69, 9.17) is 15.2 Å². The number of hydrogen-bond donors (Lipinski definition) is 2. The zero-order valence-corrected chi connectivity index (χ0v) is 10.5. The third kappa shape index (κ3) is 3.39. The maximum absolute atomic E-state index is 11.9. The smallest absolute Gasteiger partial charge is 0.242 e. The summed E-state index contributed by atoms with van der Waals surface area (Å²) in [6, 6.07) is 2.84. The molecule has 1 aliphatic rings. The zero-order valence-electron chi connectivity index (χ0n) is 9.70. The molecule has 100 valence electrons. The minimum absolute atomic E-state index is 0.0772.